The van der Waals surface area contributed by atoms with E-state index in [-0.39, 0.29) is 17.8 Å². The van der Waals surface area contributed by atoms with Gasteiger partial charge in [0.05, 0.1) is 6.54 Å². The van der Waals surface area contributed by atoms with E-state index in [1.54, 1.807) is 28.8 Å². The van der Waals surface area contributed by atoms with Gasteiger partial charge in [-0.15, -0.1) is 0 Å². The molecule has 0 unspecified atom stereocenters. The van der Waals surface area contributed by atoms with E-state index in [1.165, 1.54) is 12.5 Å². The normalized spacial score (nSPS) is 15.0. The molecule has 4 aromatic rings. The zero-order valence-corrected chi connectivity index (χ0v) is 21.8. The largest absolute Gasteiger partial charge is 0.448 e. The van der Waals surface area contributed by atoms with Gasteiger partial charge in [0.25, 0.3) is 5.91 Å². The van der Waals surface area contributed by atoms with E-state index < -0.39 is 0 Å². The summed E-state index contributed by atoms with van der Waals surface area (Å²) in [5.74, 6) is -0.262. The first-order chi connectivity index (χ1) is 18.4. The van der Waals surface area contributed by atoms with Crippen molar-refractivity contribution in [2.45, 2.75) is 26.2 Å². The van der Waals surface area contributed by atoms with Crippen LogP contribution in [0.2, 0.25) is 5.15 Å². The number of pyridine rings is 1. The number of benzene rings is 2. The SMILES string of the molecule is Cc1ccc(-c2ccccc2-c2nc3cc(C(=O)N4CCCCC4)ccn3c2Cl)c(F)c1.O=C1NCCO1. The fourth-order valence-corrected chi connectivity index (χ4v) is 5.00. The van der Waals surface area contributed by atoms with Crippen molar-refractivity contribution >= 4 is 29.2 Å². The fourth-order valence-electron chi connectivity index (χ4n) is 4.71. The Morgan fingerprint density at radius 2 is 1.79 bits per heavy atom. The molecular formula is C29H28ClFN4O3. The Bertz CT molecular complexity index is 1490. The monoisotopic (exact) mass is 534 g/mol. The molecule has 0 saturated carbocycles. The third-order valence-electron chi connectivity index (χ3n) is 6.66. The molecule has 2 aliphatic rings. The van der Waals surface area contributed by atoms with Gasteiger partial charge in [0.2, 0.25) is 0 Å². The van der Waals surface area contributed by atoms with Crippen molar-refractivity contribution in [2.75, 3.05) is 26.2 Å². The Hall–Kier alpha value is -3.91. The molecule has 0 aliphatic carbocycles. The van der Waals surface area contributed by atoms with Gasteiger partial charge in [-0.3, -0.25) is 9.20 Å². The highest BCUT2D eigenvalue weighted by molar-refractivity contribution is 6.32. The molecule has 0 radical (unpaired) electrons. The van der Waals surface area contributed by atoms with Crippen LogP contribution in [0.15, 0.2) is 60.8 Å². The van der Waals surface area contributed by atoms with E-state index in [9.17, 15) is 14.0 Å². The van der Waals surface area contributed by atoms with Gasteiger partial charge in [0, 0.05) is 36.0 Å². The number of cyclic esters (lactones) is 1. The number of imidazole rings is 1. The number of aromatic nitrogens is 2. The Morgan fingerprint density at radius 1 is 1.03 bits per heavy atom. The summed E-state index contributed by atoms with van der Waals surface area (Å²) in [7, 11) is 0. The van der Waals surface area contributed by atoms with Crippen LogP contribution in [0, 0.1) is 12.7 Å². The fraction of sp³-hybridized carbons (Fsp3) is 0.276. The van der Waals surface area contributed by atoms with Crippen LogP contribution in [0.4, 0.5) is 9.18 Å². The predicted molar refractivity (Wildman–Crippen MR) is 145 cm³/mol. The summed E-state index contributed by atoms with van der Waals surface area (Å²) in [6.07, 6.45) is 4.73. The van der Waals surface area contributed by atoms with Crippen molar-refractivity contribution in [3.63, 3.8) is 0 Å². The summed E-state index contributed by atoms with van der Waals surface area (Å²) in [5.41, 5.74) is 4.58. The van der Waals surface area contributed by atoms with E-state index in [1.807, 2.05) is 42.2 Å². The van der Waals surface area contributed by atoms with E-state index in [0.717, 1.165) is 42.6 Å². The summed E-state index contributed by atoms with van der Waals surface area (Å²) < 4.78 is 20.9. The molecule has 0 atom stereocenters. The Kier molecular flexibility index (Phi) is 7.60. The van der Waals surface area contributed by atoms with Crippen LogP contribution in [0.3, 0.4) is 0 Å². The molecule has 7 nitrogen and oxygen atoms in total. The minimum absolute atomic E-state index is 0.0231. The molecule has 2 fully saturated rings. The van der Waals surface area contributed by atoms with Crippen LogP contribution < -0.4 is 5.32 Å². The molecule has 2 aromatic heterocycles. The number of halogens is 2. The highest BCUT2D eigenvalue weighted by Gasteiger charge is 2.21. The Balaban J connectivity index is 0.000000433. The van der Waals surface area contributed by atoms with Gasteiger partial charge in [0.15, 0.2) is 0 Å². The van der Waals surface area contributed by atoms with Crippen LogP contribution in [0.5, 0.6) is 0 Å². The molecule has 1 N–H and O–H groups in total. The van der Waals surface area contributed by atoms with Gasteiger partial charge < -0.3 is 15.0 Å². The third-order valence-corrected chi connectivity index (χ3v) is 7.02. The minimum atomic E-state index is -0.296. The molecule has 2 amide bonds. The lowest BCUT2D eigenvalue weighted by Crippen LogP contribution is -2.35. The highest BCUT2D eigenvalue weighted by atomic mass is 35.5. The lowest BCUT2D eigenvalue weighted by molar-refractivity contribution is 0.0724. The molecule has 38 heavy (non-hydrogen) atoms. The maximum Gasteiger partial charge on any atom is 0.407 e. The van der Waals surface area contributed by atoms with Crippen LogP contribution >= 0.6 is 11.6 Å². The van der Waals surface area contributed by atoms with Gasteiger partial charge in [-0.2, -0.15) is 0 Å². The highest BCUT2D eigenvalue weighted by Crippen LogP contribution is 2.37. The number of hydrogen-bond donors (Lipinski definition) is 1. The second kappa shape index (κ2) is 11.2. The predicted octanol–water partition coefficient (Wildman–Crippen LogP) is 6.12. The Morgan fingerprint density at radius 3 is 2.45 bits per heavy atom. The number of fused-ring (bicyclic) bond motifs is 1. The van der Waals surface area contributed by atoms with Crippen molar-refractivity contribution in [3.8, 4) is 22.4 Å². The summed E-state index contributed by atoms with van der Waals surface area (Å²) in [6, 6.07) is 16.3. The zero-order chi connectivity index (χ0) is 26.6. The first-order valence-electron chi connectivity index (χ1n) is 12.7. The lowest BCUT2D eigenvalue weighted by atomic mass is 9.97. The smallest absolute Gasteiger partial charge is 0.407 e. The zero-order valence-electron chi connectivity index (χ0n) is 21.0. The lowest BCUT2D eigenvalue weighted by Gasteiger charge is -2.26. The van der Waals surface area contributed by atoms with Crippen molar-refractivity contribution in [1.29, 1.82) is 0 Å². The van der Waals surface area contributed by atoms with Crippen molar-refractivity contribution in [2.24, 2.45) is 0 Å². The van der Waals surface area contributed by atoms with E-state index >= 15 is 0 Å². The number of aryl methyl sites for hydroxylation is 1. The van der Waals surface area contributed by atoms with Crippen molar-refractivity contribution in [3.05, 3.63) is 82.9 Å². The molecule has 196 valence electrons. The van der Waals surface area contributed by atoms with E-state index in [2.05, 4.69) is 10.1 Å². The van der Waals surface area contributed by atoms with Crippen LogP contribution in [0.1, 0.15) is 35.2 Å². The third kappa shape index (κ3) is 5.36. The minimum Gasteiger partial charge on any atom is -0.448 e. The maximum atomic E-state index is 14.8. The number of nitrogens with zero attached hydrogens (tertiary/aromatic N) is 3. The van der Waals surface area contributed by atoms with Gasteiger partial charge in [-0.05, 0) is 55.5 Å². The molecule has 2 aromatic carbocycles. The van der Waals surface area contributed by atoms with Crippen LogP contribution in [-0.4, -0.2) is 52.5 Å². The van der Waals surface area contributed by atoms with E-state index in [4.69, 9.17) is 16.6 Å². The van der Waals surface area contributed by atoms with Crippen LogP contribution in [-0.2, 0) is 4.74 Å². The molecule has 0 bridgehead atoms. The number of nitrogens with one attached hydrogen (secondary N) is 1. The van der Waals surface area contributed by atoms with Crippen molar-refractivity contribution in [1.82, 2.24) is 19.6 Å². The second-order valence-electron chi connectivity index (χ2n) is 9.34. The number of alkyl carbamates (subject to hydrolysis) is 1. The first-order valence-corrected chi connectivity index (χ1v) is 13.0. The topological polar surface area (TPSA) is 75.9 Å². The van der Waals surface area contributed by atoms with Gasteiger partial charge in [-0.1, -0.05) is 48.0 Å². The standard InChI is InChI=1S/C26H23ClFN3O.C3H5NO2/c1-17-9-10-20(22(28)15-17)19-7-3-4-8-21(19)24-25(27)31-14-11-18(16-23(31)29-24)26(32)30-12-5-2-6-13-30;5-3-4-1-2-6-3/h3-4,7-11,14-16H,2,5-6,12-13H2,1H3;1-2H2,(H,4,5). The number of carbonyl (C=O) groups is 2. The molecule has 2 saturated heterocycles. The molecule has 9 heteroatoms. The van der Waals surface area contributed by atoms with Crippen LogP contribution in [0.25, 0.3) is 28.0 Å². The average Bonchev–Trinajstić information content (AvgIpc) is 3.55. The summed E-state index contributed by atoms with van der Waals surface area (Å²) in [5, 5.41) is 2.89. The number of carbonyl (C=O) groups excluding carboxylic acids is 2. The molecule has 0 spiro atoms. The molecular weight excluding hydrogens is 507 g/mol. The molecule has 2 aliphatic heterocycles. The number of hydrogen-bond acceptors (Lipinski definition) is 4. The summed E-state index contributed by atoms with van der Waals surface area (Å²) >= 11 is 6.71. The number of likely N-dealkylation sites (tertiary alicyclic amines) is 1. The Labute approximate surface area is 225 Å². The summed E-state index contributed by atoms with van der Waals surface area (Å²) in [4.78, 5) is 29.5. The van der Waals surface area contributed by atoms with Gasteiger partial charge in [0.1, 0.15) is 28.9 Å². The number of amides is 2. The average molecular weight is 535 g/mol. The number of ether oxygens (including phenoxy) is 1. The van der Waals surface area contributed by atoms with Crippen molar-refractivity contribution < 1.29 is 18.7 Å². The molecule has 6 rings (SSSR count). The van der Waals surface area contributed by atoms with Gasteiger partial charge >= 0.3 is 6.09 Å². The summed E-state index contributed by atoms with van der Waals surface area (Å²) in [6.45, 7) is 4.64. The number of piperidine rings is 1. The number of rotatable bonds is 3. The first kappa shape index (κ1) is 25.7. The maximum absolute atomic E-state index is 14.8. The molecule has 4 heterocycles. The quantitative estimate of drug-likeness (QED) is 0.343. The van der Waals surface area contributed by atoms with Gasteiger partial charge in [-0.25, -0.2) is 14.2 Å². The van der Waals surface area contributed by atoms with E-state index in [0.29, 0.717) is 40.8 Å². The second-order valence-corrected chi connectivity index (χ2v) is 9.70.